The van der Waals surface area contributed by atoms with Gasteiger partial charge in [0.2, 0.25) is 0 Å². The molecule has 1 aromatic carbocycles. The molecule has 0 heterocycles. The maximum Gasteiger partial charge on any atom is 1.00 e. The molecule has 0 saturated heterocycles. The molecule has 0 radical (unpaired) electrons. The van der Waals surface area contributed by atoms with Crippen LogP contribution in [0.3, 0.4) is 0 Å². The van der Waals surface area contributed by atoms with E-state index < -0.39 is 6.15 Å². The monoisotopic (exact) mass is 230 g/mol. The van der Waals surface area contributed by atoms with Crippen LogP contribution in [0.4, 0.5) is 4.39 Å². The van der Waals surface area contributed by atoms with Crippen LogP contribution in [0.5, 0.6) is 0 Å². The topological polar surface area (TPSA) is 0 Å². The van der Waals surface area contributed by atoms with Crippen LogP contribution < -0.4 is 51.4 Å². The van der Waals surface area contributed by atoms with Gasteiger partial charge < -0.3 is 0 Å². The molecular formula is C12H17BFK. The number of allylic oxidation sites excluding steroid dienone is 1. The molecule has 76 valence electrons. The Balaban J connectivity index is 0.00000196. The van der Waals surface area contributed by atoms with Crippen molar-refractivity contribution < 1.29 is 55.8 Å². The van der Waals surface area contributed by atoms with Gasteiger partial charge >= 0.3 is 51.4 Å². The van der Waals surface area contributed by atoms with Crippen LogP contribution in [0.15, 0.2) is 36.2 Å². The van der Waals surface area contributed by atoms with Gasteiger partial charge in [0.25, 0.3) is 0 Å². The Morgan fingerprint density at radius 3 is 1.87 bits per heavy atom. The zero-order chi connectivity index (χ0) is 10.8. The summed E-state index contributed by atoms with van der Waals surface area (Å²) in [7, 11) is 0. The predicted octanol–water partition coefficient (Wildman–Crippen LogP) is 1.27. The Kier molecular flexibility index (Phi) is 6.61. The van der Waals surface area contributed by atoms with Gasteiger partial charge in [0, 0.05) is 6.15 Å². The molecule has 0 amide bonds. The summed E-state index contributed by atoms with van der Waals surface area (Å²) in [5, 5.41) is 0. The number of halogens is 1. The van der Waals surface area contributed by atoms with Crippen molar-refractivity contribution in [1.82, 2.24) is 0 Å². The van der Waals surface area contributed by atoms with Crippen LogP contribution in [0.25, 0.3) is 5.47 Å². The largest absolute Gasteiger partial charge is 1.00 e. The molecule has 0 N–H and O–H groups in total. The molecule has 0 bridgehead atoms. The standard InChI is InChI=1S/C12H17BF.K/c1-10(14)12(13(2,3)4)11-8-6-5-7-9-11;/h5-9H,1-4H3;/q-1;+1/b12-10-;. The Morgan fingerprint density at radius 1 is 1.07 bits per heavy atom. The number of hydrogen-bond acceptors (Lipinski definition) is 0. The van der Waals surface area contributed by atoms with Crippen LogP contribution in [0.2, 0.25) is 20.5 Å². The van der Waals surface area contributed by atoms with Crippen molar-refractivity contribution in [2.24, 2.45) is 0 Å². The fraction of sp³-hybridized carbons (Fsp3) is 0.333. The van der Waals surface area contributed by atoms with Crippen molar-refractivity contribution in [2.45, 2.75) is 27.4 Å². The van der Waals surface area contributed by atoms with Gasteiger partial charge in [-0.2, -0.15) is 25.9 Å². The maximum atomic E-state index is 13.4. The normalized spacial score (nSPS) is 12.9. The first kappa shape index (κ1) is 15.6. The van der Waals surface area contributed by atoms with Crippen molar-refractivity contribution in [3.05, 3.63) is 41.7 Å². The Hall–Kier alpha value is 0.591. The smallest absolute Gasteiger partial charge is 0.216 e. The average Bonchev–Trinajstić information content (AvgIpc) is 2.02. The second-order valence-corrected chi connectivity index (χ2v) is 4.91. The van der Waals surface area contributed by atoms with Gasteiger partial charge in [-0.25, -0.2) is 4.39 Å². The minimum absolute atomic E-state index is 0. The van der Waals surface area contributed by atoms with Crippen LogP contribution >= 0.6 is 0 Å². The van der Waals surface area contributed by atoms with E-state index in [9.17, 15) is 4.39 Å². The molecule has 0 atom stereocenters. The number of benzene rings is 1. The van der Waals surface area contributed by atoms with Crippen molar-refractivity contribution in [2.75, 3.05) is 0 Å². The van der Waals surface area contributed by atoms with Crippen molar-refractivity contribution in [1.29, 1.82) is 0 Å². The first-order chi connectivity index (χ1) is 6.43. The summed E-state index contributed by atoms with van der Waals surface area (Å²) in [6.45, 7) is 7.80. The minimum Gasteiger partial charge on any atom is -0.216 e. The second kappa shape index (κ2) is 6.36. The van der Waals surface area contributed by atoms with Crippen molar-refractivity contribution in [3.8, 4) is 0 Å². The molecule has 0 fully saturated rings. The third kappa shape index (κ3) is 4.53. The molecule has 0 spiro atoms. The SMILES string of the molecule is C/C(F)=C(\c1ccccc1)[B-](C)(C)C.[K+]. The Labute approximate surface area is 135 Å². The molecular weight excluding hydrogens is 213 g/mol. The van der Waals surface area contributed by atoms with E-state index >= 15 is 0 Å². The van der Waals surface area contributed by atoms with E-state index in [-0.39, 0.29) is 57.2 Å². The van der Waals surface area contributed by atoms with Crippen LogP contribution in [-0.2, 0) is 0 Å². The van der Waals surface area contributed by atoms with E-state index in [0.717, 1.165) is 11.0 Å². The minimum atomic E-state index is -0.798. The van der Waals surface area contributed by atoms with Gasteiger partial charge in [-0.05, 0) is 6.92 Å². The van der Waals surface area contributed by atoms with E-state index in [0.29, 0.717) is 0 Å². The molecule has 0 unspecified atom stereocenters. The summed E-state index contributed by atoms with van der Waals surface area (Å²) >= 11 is 0. The van der Waals surface area contributed by atoms with Crippen molar-refractivity contribution >= 4 is 11.6 Å². The van der Waals surface area contributed by atoms with E-state index in [2.05, 4.69) is 20.5 Å². The third-order valence-corrected chi connectivity index (χ3v) is 2.32. The van der Waals surface area contributed by atoms with Crippen molar-refractivity contribution in [3.63, 3.8) is 0 Å². The molecule has 3 heteroatoms. The molecule has 0 aliphatic carbocycles. The molecule has 0 aliphatic heterocycles. The zero-order valence-electron chi connectivity index (χ0n) is 10.3. The molecule has 1 aromatic rings. The summed E-state index contributed by atoms with van der Waals surface area (Å²) in [5.41, 5.74) is 1.85. The Bertz CT molecular complexity index is 334. The van der Waals surface area contributed by atoms with Gasteiger partial charge in [-0.15, -0.1) is 0 Å². The van der Waals surface area contributed by atoms with Gasteiger partial charge in [0.05, 0.1) is 5.83 Å². The van der Waals surface area contributed by atoms with Crippen LogP contribution in [0.1, 0.15) is 12.5 Å². The van der Waals surface area contributed by atoms with Crippen LogP contribution in [-0.4, -0.2) is 6.15 Å². The first-order valence-electron chi connectivity index (χ1n) is 5.12. The fourth-order valence-electron chi connectivity index (χ4n) is 1.91. The summed E-state index contributed by atoms with van der Waals surface area (Å²) in [6.07, 6.45) is -0.798. The van der Waals surface area contributed by atoms with Crippen LogP contribution in [0, 0.1) is 0 Å². The molecule has 0 nitrogen and oxygen atoms in total. The zero-order valence-corrected chi connectivity index (χ0v) is 13.5. The maximum absolute atomic E-state index is 13.4. The fourth-order valence-corrected chi connectivity index (χ4v) is 1.91. The predicted molar refractivity (Wildman–Crippen MR) is 63.5 cm³/mol. The van der Waals surface area contributed by atoms with Gasteiger partial charge in [-0.3, -0.25) is 0 Å². The van der Waals surface area contributed by atoms with Gasteiger partial charge in [0.15, 0.2) is 0 Å². The van der Waals surface area contributed by atoms with E-state index in [4.69, 9.17) is 0 Å². The molecule has 0 aromatic heterocycles. The number of rotatable bonds is 2. The third-order valence-electron chi connectivity index (χ3n) is 2.32. The first-order valence-corrected chi connectivity index (χ1v) is 5.12. The summed E-state index contributed by atoms with van der Waals surface area (Å²) in [4.78, 5) is 0. The molecule has 0 saturated carbocycles. The Morgan fingerprint density at radius 2 is 1.53 bits per heavy atom. The quantitative estimate of drug-likeness (QED) is 0.671. The summed E-state index contributed by atoms with van der Waals surface area (Å²) < 4.78 is 13.4. The van der Waals surface area contributed by atoms with Gasteiger partial charge in [-0.1, -0.05) is 35.9 Å². The van der Waals surface area contributed by atoms with Gasteiger partial charge in [0.1, 0.15) is 0 Å². The van der Waals surface area contributed by atoms with E-state index in [1.807, 2.05) is 30.3 Å². The summed E-state index contributed by atoms with van der Waals surface area (Å²) in [5.74, 6) is -0.0660. The van der Waals surface area contributed by atoms with E-state index in [1.54, 1.807) is 0 Å². The van der Waals surface area contributed by atoms with E-state index in [1.165, 1.54) is 6.92 Å². The molecule has 15 heavy (non-hydrogen) atoms. The number of hydrogen-bond donors (Lipinski definition) is 0. The second-order valence-electron chi connectivity index (χ2n) is 4.91. The molecule has 0 aliphatic rings. The molecule has 1 rings (SSSR count). The average molecular weight is 230 g/mol. The summed E-state index contributed by atoms with van der Waals surface area (Å²) in [6, 6.07) is 9.77.